The summed E-state index contributed by atoms with van der Waals surface area (Å²) in [6.45, 7) is 3.10. The lowest BCUT2D eigenvalue weighted by molar-refractivity contribution is -0.118. The van der Waals surface area contributed by atoms with Crippen LogP contribution in [0.1, 0.15) is 41.5 Å². The Morgan fingerprint density at radius 3 is 2.63 bits per heavy atom. The van der Waals surface area contributed by atoms with Gasteiger partial charge in [-0.05, 0) is 55.8 Å². The fraction of sp³-hybridized carbons (Fsp3) is 0.417. The standard InChI is InChI=1S/C24H28N2O4/c1-16(11-20(27)12-17-5-7-18(14-25)8-6-17)22-19(9-10-26(2)3)13-21-23(24(22)28-4)30-15-29-21/h5-8,13,16H,9-12,15H2,1-4H3. The Morgan fingerprint density at radius 2 is 2.00 bits per heavy atom. The maximum Gasteiger partial charge on any atom is 0.231 e. The van der Waals surface area contributed by atoms with Gasteiger partial charge < -0.3 is 19.1 Å². The molecule has 6 nitrogen and oxygen atoms in total. The zero-order valence-corrected chi connectivity index (χ0v) is 18.0. The lowest BCUT2D eigenvalue weighted by Gasteiger charge is -2.22. The Balaban J connectivity index is 1.83. The van der Waals surface area contributed by atoms with Crippen LogP contribution in [0.4, 0.5) is 0 Å². The first kappa shape index (κ1) is 21.7. The van der Waals surface area contributed by atoms with Crippen molar-refractivity contribution in [3.05, 3.63) is 52.6 Å². The molecule has 2 aromatic rings. The second-order valence-corrected chi connectivity index (χ2v) is 7.90. The molecule has 1 aliphatic rings. The Hall–Kier alpha value is -3.04. The normalized spacial score (nSPS) is 13.2. The summed E-state index contributed by atoms with van der Waals surface area (Å²) in [5, 5.41) is 8.92. The van der Waals surface area contributed by atoms with Crippen LogP contribution in [0.3, 0.4) is 0 Å². The summed E-state index contributed by atoms with van der Waals surface area (Å²) >= 11 is 0. The fourth-order valence-electron chi connectivity index (χ4n) is 3.81. The number of carbonyl (C=O) groups is 1. The van der Waals surface area contributed by atoms with Gasteiger partial charge >= 0.3 is 0 Å². The third kappa shape index (κ3) is 4.92. The van der Waals surface area contributed by atoms with Gasteiger partial charge in [0, 0.05) is 24.9 Å². The average molecular weight is 408 g/mol. The van der Waals surface area contributed by atoms with E-state index in [-0.39, 0.29) is 18.5 Å². The second-order valence-electron chi connectivity index (χ2n) is 7.90. The van der Waals surface area contributed by atoms with E-state index in [1.54, 1.807) is 19.2 Å². The lowest BCUT2D eigenvalue weighted by Crippen LogP contribution is -2.17. The summed E-state index contributed by atoms with van der Waals surface area (Å²) in [5.74, 6) is 2.09. The number of ketones is 1. The first-order valence-corrected chi connectivity index (χ1v) is 10.1. The van der Waals surface area contributed by atoms with E-state index >= 15 is 0 Å². The predicted molar refractivity (Wildman–Crippen MR) is 114 cm³/mol. The molecule has 0 spiro atoms. The van der Waals surface area contributed by atoms with Gasteiger partial charge in [0.15, 0.2) is 11.5 Å². The van der Waals surface area contributed by atoms with Crippen LogP contribution in [0, 0.1) is 11.3 Å². The number of hydrogen-bond donors (Lipinski definition) is 0. The number of benzene rings is 2. The number of likely N-dealkylation sites (N-methyl/N-ethyl adjacent to an activating group) is 1. The average Bonchev–Trinajstić information content (AvgIpc) is 3.19. The molecule has 0 saturated heterocycles. The zero-order valence-electron chi connectivity index (χ0n) is 18.0. The molecule has 1 heterocycles. The molecular formula is C24H28N2O4. The van der Waals surface area contributed by atoms with Gasteiger partial charge in [0.1, 0.15) is 5.78 Å². The lowest BCUT2D eigenvalue weighted by atomic mass is 9.87. The molecule has 158 valence electrons. The van der Waals surface area contributed by atoms with E-state index in [1.165, 1.54) is 0 Å². The highest BCUT2D eigenvalue weighted by Crippen LogP contribution is 2.48. The van der Waals surface area contributed by atoms with Crippen LogP contribution in [0.2, 0.25) is 0 Å². The zero-order chi connectivity index (χ0) is 21.7. The third-order valence-corrected chi connectivity index (χ3v) is 5.29. The number of hydrogen-bond acceptors (Lipinski definition) is 6. The Kier molecular flexibility index (Phi) is 6.96. The number of ether oxygens (including phenoxy) is 3. The van der Waals surface area contributed by atoms with Crippen LogP contribution in [0.5, 0.6) is 17.2 Å². The Bertz CT molecular complexity index is 945. The number of nitrogens with zero attached hydrogens (tertiary/aromatic N) is 2. The summed E-state index contributed by atoms with van der Waals surface area (Å²) in [5.41, 5.74) is 3.63. The Morgan fingerprint density at radius 1 is 1.27 bits per heavy atom. The van der Waals surface area contributed by atoms with E-state index in [0.717, 1.165) is 29.7 Å². The molecular weight excluding hydrogens is 380 g/mol. The highest BCUT2D eigenvalue weighted by atomic mass is 16.7. The fourth-order valence-corrected chi connectivity index (χ4v) is 3.81. The van der Waals surface area contributed by atoms with Crippen molar-refractivity contribution < 1.29 is 19.0 Å². The molecule has 0 N–H and O–H groups in total. The van der Waals surface area contributed by atoms with Crippen LogP contribution < -0.4 is 14.2 Å². The maximum atomic E-state index is 12.8. The topological polar surface area (TPSA) is 71.8 Å². The molecule has 0 amide bonds. The van der Waals surface area contributed by atoms with E-state index in [4.69, 9.17) is 19.5 Å². The van der Waals surface area contributed by atoms with Gasteiger partial charge in [-0.25, -0.2) is 0 Å². The van der Waals surface area contributed by atoms with Gasteiger partial charge in [-0.2, -0.15) is 5.26 Å². The second kappa shape index (κ2) is 9.64. The van der Waals surface area contributed by atoms with E-state index < -0.39 is 0 Å². The molecule has 0 aliphatic carbocycles. The van der Waals surface area contributed by atoms with E-state index in [1.807, 2.05) is 32.3 Å². The van der Waals surface area contributed by atoms with Crippen molar-refractivity contribution in [1.82, 2.24) is 4.90 Å². The molecule has 3 rings (SSSR count). The molecule has 0 fully saturated rings. The molecule has 30 heavy (non-hydrogen) atoms. The Labute approximate surface area is 178 Å². The van der Waals surface area contributed by atoms with Gasteiger partial charge in [0.05, 0.1) is 18.7 Å². The van der Waals surface area contributed by atoms with Gasteiger partial charge in [-0.15, -0.1) is 0 Å². The van der Waals surface area contributed by atoms with Gasteiger partial charge in [0.25, 0.3) is 0 Å². The van der Waals surface area contributed by atoms with Crippen molar-refractivity contribution in [2.75, 3.05) is 34.5 Å². The number of rotatable bonds is 9. The summed E-state index contributed by atoms with van der Waals surface area (Å²) in [7, 11) is 5.70. The molecule has 0 saturated carbocycles. The van der Waals surface area contributed by atoms with Crippen molar-refractivity contribution in [2.45, 2.75) is 32.1 Å². The van der Waals surface area contributed by atoms with Crippen molar-refractivity contribution >= 4 is 5.78 Å². The van der Waals surface area contributed by atoms with Crippen molar-refractivity contribution in [1.29, 1.82) is 5.26 Å². The number of methoxy groups -OCH3 is 1. The van der Waals surface area contributed by atoms with Crippen molar-refractivity contribution in [3.63, 3.8) is 0 Å². The highest BCUT2D eigenvalue weighted by molar-refractivity contribution is 5.82. The SMILES string of the molecule is COc1c2c(cc(CCN(C)C)c1C(C)CC(=O)Cc1ccc(C#N)cc1)OCO2. The highest BCUT2D eigenvalue weighted by Gasteiger charge is 2.28. The minimum absolute atomic E-state index is 0.0301. The van der Waals surface area contributed by atoms with Crippen LogP contribution in [-0.2, 0) is 17.6 Å². The molecule has 1 atom stereocenters. The summed E-state index contributed by atoms with van der Waals surface area (Å²) in [6, 6.07) is 11.3. The van der Waals surface area contributed by atoms with Crippen LogP contribution in [0.25, 0.3) is 0 Å². The first-order chi connectivity index (χ1) is 14.4. The van der Waals surface area contributed by atoms with E-state index in [2.05, 4.69) is 17.9 Å². The molecule has 0 radical (unpaired) electrons. The molecule has 6 heteroatoms. The first-order valence-electron chi connectivity index (χ1n) is 10.1. The van der Waals surface area contributed by atoms with Crippen LogP contribution >= 0.6 is 0 Å². The van der Waals surface area contributed by atoms with Gasteiger partial charge in [0.2, 0.25) is 12.5 Å². The largest absolute Gasteiger partial charge is 0.492 e. The molecule has 2 aromatic carbocycles. The number of nitriles is 1. The quantitative estimate of drug-likeness (QED) is 0.630. The monoisotopic (exact) mass is 408 g/mol. The van der Waals surface area contributed by atoms with Crippen LogP contribution in [-0.4, -0.2) is 45.2 Å². The summed E-state index contributed by atoms with van der Waals surface area (Å²) in [4.78, 5) is 14.9. The van der Waals surface area contributed by atoms with Gasteiger partial charge in [-0.3, -0.25) is 4.79 Å². The molecule has 1 aliphatic heterocycles. The van der Waals surface area contributed by atoms with Crippen molar-refractivity contribution in [2.24, 2.45) is 0 Å². The van der Waals surface area contributed by atoms with E-state index in [9.17, 15) is 4.79 Å². The molecule has 1 unspecified atom stereocenters. The number of carbonyl (C=O) groups excluding carboxylic acids is 1. The minimum atomic E-state index is -0.0301. The summed E-state index contributed by atoms with van der Waals surface area (Å²) in [6.07, 6.45) is 1.56. The van der Waals surface area contributed by atoms with Crippen LogP contribution in [0.15, 0.2) is 30.3 Å². The van der Waals surface area contributed by atoms with Crippen molar-refractivity contribution in [3.8, 4) is 23.3 Å². The number of Topliss-reactive ketones (excluding diaryl/α,β-unsaturated/α-hetero) is 1. The molecule has 0 bridgehead atoms. The third-order valence-electron chi connectivity index (χ3n) is 5.29. The van der Waals surface area contributed by atoms with E-state index in [0.29, 0.717) is 35.7 Å². The smallest absolute Gasteiger partial charge is 0.231 e. The van der Waals surface area contributed by atoms with Gasteiger partial charge in [-0.1, -0.05) is 19.1 Å². The minimum Gasteiger partial charge on any atom is -0.492 e. The molecule has 0 aromatic heterocycles. The summed E-state index contributed by atoms with van der Waals surface area (Å²) < 4.78 is 17.0. The maximum absolute atomic E-state index is 12.8. The predicted octanol–water partition coefficient (Wildman–Crippen LogP) is 3.71. The number of fused-ring (bicyclic) bond motifs is 1.